The first-order chi connectivity index (χ1) is 13.3. The summed E-state index contributed by atoms with van der Waals surface area (Å²) >= 11 is 1.95. The number of carboxylic acid groups (broad SMARTS) is 1. The number of anilines is 1. The molecule has 144 valence electrons. The molecule has 0 saturated heterocycles. The lowest BCUT2D eigenvalue weighted by Gasteiger charge is -2.14. The third-order valence-corrected chi connectivity index (χ3v) is 4.46. The highest BCUT2D eigenvalue weighted by atomic mass is 127. The molecule has 2 aromatic rings. The van der Waals surface area contributed by atoms with Crippen molar-refractivity contribution in [2.45, 2.75) is 6.92 Å². The predicted octanol–water partition coefficient (Wildman–Crippen LogP) is 2.28. The number of benzene rings is 2. The molecule has 0 fully saturated rings. The second-order valence-corrected chi connectivity index (χ2v) is 6.80. The van der Waals surface area contributed by atoms with Crippen LogP contribution in [0.4, 0.5) is 5.69 Å². The molecule has 0 unspecified atom stereocenters. The van der Waals surface area contributed by atoms with E-state index in [-0.39, 0.29) is 17.1 Å². The number of ether oxygens (including phenoxy) is 2. The van der Waals surface area contributed by atoms with Crippen molar-refractivity contribution in [1.29, 1.82) is 5.26 Å². The minimum absolute atomic E-state index is 0.0930. The number of hydrogen-bond donors (Lipinski definition) is 1. The van der Waals surface area contributed by atoms with Crippen LogP contribution in [0.2, 0.25) is 0 Å². The summed E-state index contributed by atoms with van der Waals surface area (Å²) in [6.45, 7) is 1.23. The molecule has 1 amide bonds. The van der Waals surface area contributed by atoms with Crippen molar-refractivity contribution < 1.29 is 24.2 Å². The van der Waals surface area contributed by atoms with Crippen molar-refractivity contribution in [3.63, 3.8) is 0 Å². The Morgan fingerprint density at radius 1 is 1.32 bits per heavy atom. The average molecular weight is 491 g/mol. The molecule has 0 atom stereocenters. The molecule has 0 saturated carbocycles. The van der Waals surface area contributed by atoms with Gasteiger partial charge in [0.15, 0.2) is 11.5 Å². The molecule has 0 spiro atoms. The Labute approximate surface area is 175 Å². The first kappa shape index (κ1) is 21.2. The smallest absolute Gasteiger partial charge is 0.266 e. The van der Waals surface area contributed by atoms with E-state index in [0.717, 1.165) is 5.56 Å². The number of carboxylic acids is 1. The fourth-order valence-corrected chi connectivity index (χ4v) is 3.09. The van der Waals surface area contributed by atoms with Crippen LogP contribution in [0.3, 0.4) is 0 Å². The molecule has 0 bridgehead atoms. The van der Waals surface area contributed by atoms with Gasteiger partial charge >= 0.3 is 0 Å². The number of hydrogen-bond acceptors (Lipinski definition) is 6. The molecule has 8 heteroatoms. The Bertz CT molecular complexity index is 979. The number of nitriles is 1. The summed E-state index contributed by atoms with van der Waals surface area (Å²) < 4.78 is 11.0. The monoisotopic (exact) mass is 491 g/mol. The number of rotatable bonds is 7. The Morgan fingerprint density at radius 3 is 2.64 bits per heavy atom. The van der Waals surface area contributed by atoms with Gasteiger partial charge in [0, 0.05) is 5.69 Å². The molecule has 0 aliphatic rings. The molecule has 7 nitrogen and oxygen atoms in total. The van der Waals surface area contributed by atoms with Crippen LogP contribution in [0.15, 0.2) is 42.0 Å². The van der Waals surface area contributed by atoms with Gasteiger partial charge in [0.1, 0.15) is 18.2 Å². The van der Waals surface area contributed by atoms with Crippen molar-refractivity contribution in [2.75, 3.05) is 19.0 Å². The van der Waals surface area contributed by atoms with E-state index in [1.807, 2.05) is 47.7 Å². The lowest BCUT2D eigenvalue weighted by atomic mass is 10.1. The molecular formula is C20H16IN2O5-. The third kappa shape index (κ3) is 5.47. The number of aliphatic carboxylic acids is 1. The average Bonchev–Trinajstić information content (AvgIpc) is 2.66. The van der Waals surface area contributed by atoms with Crippen LogP contribution >= 0.6 is 22.6 Å². The largest absolute Gasteiger partial charge is 0.546 e. The molecular weight excluding hydrogens is 475 g/mol. The highest BCUT2D eigenvalue weighted by molar-refractivity contribution is 14.1. The van der Waals surface area contributed by atoms with Crippen molar-refractivity contribution in [3.05, 3.63) is 56.7 Å². The van der Waals surface area contributed by atoms with Crippen LogP contribution in [-0.2, 0) is 9.59 Å². The molecule has 0 aliphatic heterocycles. The summed E-state index contributed by atoms with van der Waals surface area (Å²) in [6, 6.07) is 12.3. The summed E-state index contributed by atoms with van der Waals surface area (Å²) in [6.07, 6.45) is 1.42. The van der Waals surface area contributed by atoms with E-state index in [4.69, 9.17) is 9.47 Å². The van der Waals surface area contributed by atoms with E-state index < -0.39 is 18.5 Å². The Kier molecular flexibility index (Phi) is 7.40. The van der Waals surface area contributed by atoms with Crippen LogP contribution in [-0.4, -0.2) is 25.6 Å². The maximum Gasteiger partial charge on any atom is 0.266 e. The van der Waals surface area contributed by atoms with E-state index in [1.54, 1.807) is 24.3 Å². The van der Waals surface area contributed by atoms with Gasteiger partial charge in [0.25, 0.3) is 5.91 Å². The fraction of sp³-hybridized carbons (Fsp3) is 0.150. The number of carbonyl (C=O) groups excluding carboxylic acids is 2. The Balaban J connectivity index is 2.32. The number of nitrogens with zero attached hydrogens (tertiary/aromatic N) is 1. The number of carbonyl (C=O) groups is 2. The number of nitrogens with one attached hydrogen (secondary N) is 1. The predicted molar refractivity (Wildman–Crippen MR) is 110 cm³/mol. The molecule has 0 aromatic heterocycles. The van der Waals surface area contributed by atoms with E-state index in [0.29, 0.717) is 14.8 Å². The van der Waals surface area contributed by atoms with Gasteiger partial charge in [-0.2, -0.15) is 5.26 Å². The summed E-state index contributed by atoms with van der Waals surface area (Å²) in [5.74, 6) is -1.38. The molecule has 1 N–H and O–H groups in total. The summed E-state index contributed by atoms with van der Waals surface area (Å²) in [5.41, 5.74) is 1.92. The van der Waals surface area contributed by atoms with Crippen LogP contribution in [0.5, 0.6) is 11.5 Å². The first-order valence-electron chi connectivity index (χ1n) is 8.04. The number of para-hydroxylation sites is 1. The SMILES string of the molecule is COc1cc(/C=C(\C#N)C(=O)Nc2ccccc2C)cc(I)c1OCC(=O)[O-]. The van der Waals surface area contributed by atoms with Gasteiger partial charge in [-0.1, -0.05) is 18.2 Å². The molecule has 2 rings (SSSR count). The highest BCUT2D eigenvalue weighted by Gasteiger charge is 2.14. The topological polar surface area (TPSA) is 111 Å². The zero-order valence-electron chi connectivity index (χ0n) is 15.1. The lowest BCUT2D eigenvalue weighted by molar-refractivity contribution is -0.307. The molecule has 2 aromatic carbocycles. The van der Waals surface area contributed by atoms with E-state index in [2.05, 4.69) is 5.32 Å². The van der Waals surface area contributed by atoms with Crippen LogP contribution < -0.4 is 19.9 Å². The lowest BCUT2D eigenvalue weighted by Crippen LogP contribution is -2.29. The van der Waals surface area contributed by atoms with Crippen molar-refractivity contribution in [2.24, 2.45) is 0 Å². The second kappa shape index (κ2) is 9.75. The van der Waals surface area contributed by atoms with Crippen molar-refractivity contribution in [1.82, 2.24) is 0 Å². The molecule has 28 heavy (non-hydrogen) atoms. The standard InChI is InChI=1S/C20H17IN2O5/c1-12-5-3-4-6-16(12)23-20(26)14(10-22)7-13-8-15(21)19(17(9-13)27-2)28-11-18(24)25/h3-9H,11H2,1-2H3,(H,23,26)(H,24,25)/p-1/b14-7+. The number of halogens is 1. The quantitative estimate of drug-likeness (QED) is 0.362. The summed E-state index contributed by atoms with van der Waals surface area (Å²) in [4.78, 5) is 23.1. The molecule has 0 radical (unpaired) electrons. The molecule has 0 aliphatic carbocycles. The van der Waals surface area contributed by atoms with Gasteiger partial charge in [-0.25, -0.2) is 0 Å². The van der Waals surface area contributed by atoms with Crippen LogP contribution in [0.25, 0.3) is 6.08 Å². The van der Waals surface area contributed by atoms with Gasteiger partial charge < -0.3 is 24.7 Å². The van der Waals surface area contributed by atoms with Gasteiger partial charge in [-0.15, -0.1) is 0 Å². The first-order valence-corrected chi connectivity index (χ1v) is 9.12. The van der Waals surface area contributed by atoms with Crippen molar-refractivity contribution in [3.8, 4) is 17.6 Å². The van der Waals surface area contributed by atoms with E-state index in [9.17, 15) is 20.0 Å². The minimum Gasteiger partial charge on any atom is -0.546 e. The van der Waals surface area contributed by atoms with Gasteiger partial charge in [-0.05, 0) is 64.9 Å². The Morgan fingerprint density at radius 2 is 2.04 bits per heavy atom. The van der Waals surface area contributed by atoms with E-state index >= 15 is 0 Å². The zero-order valence-corrected chi connectivity index (χ0v) is 17.3. The fourth-order valence-electron chi connectivity index (χ4n) is 2.31. The van der Waals surface area contributed by atoms with Crippen molar-refractivity contribution >= 4 is 46.2 Å². The number of amides is 1. The summed E-state index contributed by atoms with van der Waals surface area (Å²) in [7, 11) is 1.40. The molecule has 0 heterocycles. The van der Waals surface area contributed by atoms with Crippen LogP contribution in [0, 0.1) is 21.8 Å². The third-order valence-electron chi connectivity index (χ3n) is 3.66. The maximum absolute atomic E-state index is 12.5. The summed E-state index contributed by atoms with van der Waals surface area (Å²) in [5, 5.41) is 22.7. The minimum atomic E-state index is -1.36. The van der Waals surface area contributed by atoms with Gasteiger partial charge in [0.2, 0.25) is 0 Å². The van der Waals surface area contributed by atoms with Crippen LogP contribution in [0.1, 0.15) is 11.1 Å². The zero-order chi connectivity index (χ0) is 20.7. The van der Waals surface area contributed by atoms with E-state index in [1.165, 1.54) is 13.2 Å². The van der Waals surface area contributed by atoms with Gasteiger partial charge in [0.05, 0.1) is 16.6 Å². The number of methoxy groups -OCH3 is 1. The maximum atomic E-state index is 12.5. The highest BCUT2D eigenvalue weighted by Crippen LogP contribution is 2.34. The van der Waals surface area contributed by atoms with Gasteiger partial charge in [-0.3, -0.25) is 4.79 Å². The second-order valence-electron chi connectivity index (χ2n) is 5.63. The Hall–Kier alpha value is -3.06. The number of aryl methyl sites for hydroxylation is 1. The normalized spacial score (nSPS) is 10.7.